The van der Waals surface area contributed by atoms with E-state index in [0.29, 0.717) is 0 Å². The Kier molecular flexibility index (Phi) is 3.01. The first-order valence-corrected chi connectivity index (χ1v) is 4.53. The molecule has 0 aliphatic carbocycles. The maximum Gasteiger partial charge on any atom is 0.113 e. The van der Waals surface area contributed by atoms with Crippen molar-refractivity contribution in [1.29, 1.82) is 0 Å². The van der Waals surface area contributed by atoms with Crippen LogP contribution in [0.2, 0.25) is 0 Å². The molecule has 2 aromatic rings. The van der Waals surface area contributed by atoms with Crippen LogP contribution in [0, 0.1) is 6.92 Å². The van der Waals surface area contributed by atoms with Gasteiger partial charge in [0, 0.05) is 7.05 Å². The van der Waals surface area contributed by atoms with Gasteiger partial charge in [-0.3, -0.25) is 0 Å². The standard InChI is InChI=1S/C8H9N3.C2H6/c1-6-3-4-8-7(5-6)9-10-11(8)2;1-2/h3-5H,1-2H3;1-2H3. The first-order valence-electron chi connectivity index (χ1n) is 4.53. The van der Waals surface area contributed by atoms with Gasteiger partial charge in [-0.2, -0.15) is 0 Å². The molecule has 0 amide bonds. The molecule has 0 atom stereocenters. The van der Waals surface area contributed by atoms with Gasteiger partial charge in [-0.25, -0.2) is 4.68 Å². The van der Waals surface area contributed by atoms with Gasteiger partial charge in [0.2, 0.25) is 0 Å². The second-order valence-corrected chi connectivity index (χ2v) is 2.71. The Morgan fingerprint density at radius 1 is 1.23 bits per heavy atom. The molecular formula is C10H15N3. The SMILES string of the molecule is CC.Cc1ccc2c(c1)nnn2C. The van der Waals surface area contributed by atoms with E-state index in [4.69, 9.17) is 0 Å². The first kappa shape index (κ1) is 9.71. The Balaban J connectivity index is 0.000000396. The van der Waals surface area contributed by atoms with E-state index in [1.165, 1.54) is 5.56 Å². The number of aryl methyl sites for hydroxylation is 2. The molecule has 0 aliphatic rings. The molecule has 0 aliphatic heterocycles. The Morgan fingerprint density at radius 3 is 2.62 bits per heavy atom. The van der Waals surface area contributed by atoms with Gasteiger partial charge < -0.3 is 0 Å². The van der Waals surface area contributed by atoms with Crippen molar-refractivity contribution in [3.8, 4) is 0 Å². The third-order valence-electron chi connectivity index (χ3n) is 1.77. The molecule has 0 spiro atoms. The number of benzene rings is 1. The molecule has 1 heterocycles. The highest BCUT2D eigenvalue weighted by molar-refractivity contribution is 5.74. The number of hydrogen-bond donors (Lipinski definition) is 0. The molecule has 13 heavy (non-hydrogen) atoms. The van der Waals surface area contributed by atoms with Gasteiger partial charge in [-0.1, -0.05) is 25.1 Å². The minimum Gasteiger partial charge on any atom is -0.248 e. The molecule has 0 bridgehead atoms. The summed E-state index contributed by atoms with van der Waals surface area (Å²) >= 11 is 0. The topological polar surface area (TPSA) is 30.7 Å². The highest BCUT2D eigenvalue weighted by Crippen LogP contribution is 2.10. The number of nitrogens with zero attached hydrogens (tertiary/aromatic N) is 3. The van der Waals surface area contributed by atoms with Gasteiger partial charge >= 0.3 is 0 Å². The summed E-state index contributed by atoms with van der Waals surface area (Å²) in [5.74, 6) is 0. The monoisotopic (exact) mass is 177 g/mol. The molecule has 0 fully saturated rings. The molecule has 3 nitrogen and oxygen atoms in total. The summed E-state index contributed by atoms with van der Waals surface area (Å²) in [6.07, 6.45) is 0. The van der Waals surface area contributed by atoms with Crippen LogP contribution in [0.4, 0.5) is 0 Å². The summed E-state index contributed by atoms with van der Waals surface area (Å²) in [7, 11) is 1.89. The average Bonchev–Trinajstić information content (AvgIpc) is 2.51. The molecule has 0 unspecified atom stereocenters. The van der Waals surface area contributed by atoms with Gasteiger partial charge in [-0.15, -0.1) is 5.10 Å². The fourth-order valence-corrected chi connectivity index (χ4v) is 1.15. The lowest BCUT2D eigenvalue weighted by Crippen LogP contribution is -1.88. The van der Waals surface area contributed by atoms with Crippen LogP contribution < -0.4 is 0 Å². The van der Waals surface area contributed by atoms with E-state index in [2.05, 4.69) is 16.4 Å². The van der Waals surface area contributed by atoms with Gasteiger partial charge in [0.05, 0.1) is 5.52 Å². The van der Waals surface area contributed by atoms with Crippen molar-refractivity contribution in [3.63, 3.8) is 0 Å². The van der Waals surface area contributed by atoms with E-state index < -0.39 is 0 Å². The van der Waals surface area contributed by atoms with Crippen LogP contribution in [0.1, 0.15) is 19.4 Å². The van der Waals surface area contributed by atoms with Gasteiger partial charge in [0.15, 0.2) is 0 Å². The first-order chi connectivity index (χ1) is 6.27. The third-order valence-corrected chi connectivity index (χ3v) is 1.77. The zero-order valence-electron chi connectivity index (χ0n) is 8.57. The van der Waals surface area contributed by atoms with Crippen molar-refractivity contribution in [2.24, 2.45) is 7.05 Å². The maximum atomic E-state index is 3.99. The van der Waals surface area contributed by atoms with Crippen molar-refractivity contribution < 1.29 is 0 Å². The molecular weight excluding hydrogens is 162 g/mol. The number of aromatic nitrogens is 3. The van der Waals surface area contributed by atoms with E-state index >= 15 is 0 Å². The zero-order valence-corrected chi connectivity index (χ0v) is 8.57. The van der Waals surface area contributed by atoms with E-state index in [1.54, 1.807) is 4.68 Å². The number of fused-ring (bicyclic) bond motifs is 1. The summed E-state index contributed by atoms with van der Waals surface area (Å²) < 4.78 is 1.77. The predicted octanol–water partition coefficient (Wildman–Crippen LogP) is 2.30. The van der Waals surface area contributed by atoms with Crippen LogP contribution in [0.15, 0.2) is 18.2 Å². The summed E-state index contributed by atoms with van der Waals surface area (Å²) in [5.41, 5.74) is 3.26. The largest absolute Gasteiger partial charge is 0.248 e. The van der Waals surface area contributed by atoms with Crippen molar-refractivity contribution >= 4 is 11.0 Å². The van der Waals surface area contributed by atoms with Gasteiger partial charge in [-0.05, 0) is 24.6 Å². The molecule has 0 saturated carbocycles. The lowest BCUT2D eigenvalue weighted by atomic mass is 10.2. The molecule has 0 radical (unpaired) electrons. The number of rotatable bonds is 0. The minimum absolute atomic E-state index is 0.965. The van der Waals surface area contributed by atoms with Crippen molar-refractivity contribution in [2.45, 2.75) is 20.8 Å². The van der Waals surface area contributed by atoms with Crippen molar-refractivity contribution in [2.75, 3.05) is 0 Å². The summed E-state index contributed by atoms with van der Waals surface area (Å²) in [6.45, 7) is 6.05. The molecule has 3 heteroatoms. The second kappa shape index (κ2) is 4.03. The van der Waals surface area contributed by atoms with Gasteiger partial charge in [0.1, 0.15) is 5.52 Å². The Hall–Kier alpha value is -1.38. The second-order valence-electron chi connectivity index (χ2n) is 2.71. The van der Waals surface area contributed by atoms with Crippen LogP contribution in [0.25, 0.3) is 11.0 Å². The van der Waals surface area contributed by atoms with Crippen LogP contribution in [0.3, 0.4) is 0 Å². The minimum atomic E-state index is 0.965. The molecule has 1 aromatic heterocycles. The lowest BCUT2D eigenvalue weighted by molar-refractivity contribution is 0.736. The third kappa shape index (κ3) is 1.86. The summed E-state index contributed by atoms with van der Waals surface area (Å²) in [4.78, 5) is 0. The Labute approximate surface area is 78.4 Å². The molecule has 2 rings (SSSR count). The molecule has 1 aromatic carbocycles. The highest BCUT2D eigenvalue weighted by atomic mass is 15.4. The fourth-order valence-electron chi connectivity index (χ4n) is 1.15. The van der Waals surface area contributed by atoms with E-state index in [1.807, 2.05) is 40.0 Å². The molecule has 0 N–H and O–H groups in total. The maximum absolute atomic E-state index is 3.99. The van der Waals surface area contributed by atoms with Crippen LogP contribution >= 0.6 is 0 Å². The van der Waals surface area contributed by atoms with Crippen LogP contribution in [0.5, 0.6) is 0 Å². The average molecular weight is 177 g/mol. The van der Waals surface area contributed by atoms with Crippen LogP contribution in [-0.2, 0) is 7.05 Å². The lowest BCUT2D eigenvalue weighted by Gasteiger charge is -1.91. The normalized spacial score (nSPS) is 9.54. The Morgan fingerprint density at radius 2 is 1.92 bits per heavy atom. The van der Waals surface area contributed by atoms with E-state index in [0.717, 1.165) is 11.0 Å². The highest BCUT2D eigenvalue weighted by Gasteiger charge is 1.98. The quantitative estimate of drug-likeness (QED) is 0.618. The fraction of sp³-hybridized carbons (Fsp3) is 0.400. The van der Waals surface area contributed by atoms with E-state index in [9.17, 15) is 0 Å². The zero-order chi connectivity index (χ0) is 9.84. The van der Waals surface area contributed by atoms with Crippen molar-refractivity contribution in [3.05, 3.63) is 23.8 Å². The smallest absolute Gasteiger partial charge is 0.113 e. The summed E-state index contributed by atoms with van der Waals surface area (Å²) in [6, 6.07) is 6.12. The molecule has 0 saturated heterocycles. The number of hydrogen-bond acceptors (Lipinski definition) is 2. The van der Waals surface area contributed by atoms with Crippen molar-refractivity contribution in [1.82, 2.24) is 15.0 Å². The van der Waals surface area contributed by atoms with Crippen LogP contribution in [-0.4, -0.2) is 15.0 Å². The predicted molar refractivity (Wildman–Crippen MR) is 54.6 cm³/mol. The summed E-state index contributed by atoms with van der Waals surface area (Å²) in [5, 5.41) is 7.90. The van der Waals surface area contributed by atoms with E-state index in [-0.39, 0.29) is 0 Å². The van der Waals surface area contributed by atoms with Gasteiger partial charge in [0.25, 0.3) is 0 Å². The Bertz CT molecular complexity index is 390. The molecule has 70 valence electrons.